The maximum absolute atomic E-state index is 13.2. The molecule has 7 heteroatoms. The highest BCUT2D eigenvalue weighted by Gasteiger charge is 2.35. The van der Waals surface area contributed by atoms with Gasteiger partial charge in [-0.05, 0) is 23.4 Å². The highest BCUT2D eigenvalue weighted by Crippen LogP contribution is 2.45. The molecule has 1 aliphatic heterocycles. The maximum atomic E-state index is 13.2. The zero-order chi connectivity index (χ0) is 19.1. The lowest BCUT2D eigenvalue weighted by atomic mass is 9.92. The maximum Gasteiger partial charge on any atom is 0.278 e. The highest BCUT2D eigenvalue weighted by molar-refractivity contribution is 6.10. The fraction of sp³-hybridized carbons (Fsp3) is 0.250. The van der Waals surface area contributed by atoms with Crippen molar-refractivity contribution in [2.45, 2.75) is 19.3 Å². The molecular weight excluding hydrogens is 342 g/mol. The molecule has 1 unspecified atom stereocenters. The second kappa shape index (κ2) is 6.42. The molecule has 0 spiro atoms. The third-order valence-electron chi connectivity index (χ3n) is 5.24. The van der Waals surface area contributed by atoms with Gasteiger partial charge >= 0.3 is 0 Å². The van der Waals surface area contributed by atoms with E-state index in [1.165, 1.54) is 4.68 Å². The minimum Gasteiger partial charge on any atom is -0.398 e. The van der Waals surface area contributed by atoms with Crippen molar-refractivity contribution in [3.05, 3.63) is 47.7 Å². The van der Waals surface area contributed by atoms with Crippen LogP contribution in [0.25, 0.3) is 10.8 Å². The number of nitrogens with one attached hydrogen (secondary N) is 1. The fourth-order valence-corrected chi connectivity index (χ4v) is 3.90. The van der Waals surface area contributed by atoms with Crippen LogP contribution in [0.3, 0.4) is 0 Å². The van der Waals surface area contributed by atoms with Gasteiger partial charge in [0, 0.05) is 36.7 Å². The molecule has 27 heavy (non-hydrogen) atoms. The Balaban J connectivity index is 1.82. The summed E-state index contributed by atoms with van der Waals surface area (Å²) in [5, 5.41) is 8.91. The van der Waals surface area contributed by atoms with Crippen LogP contribution in [0.1, 0.15) is 35.3 Å². The van der Waals surface area contributed by atoms with Gasteiger partial charge in [-0.1, -0.05) is 31.2 Å². The van der Waals surface area contributed by atoms with Gasteiger partial charge in [-0.25, -0.2) is 0 Å². The van der Waals surface area contributed by atoms with E-state index >= 15 is 0 Å². The Labute approximate surface area is 156 Å². The lowest BCUT2D eigenvalue weighted by Gasteiger charge is -2.17. The van der Waals surface area contributed by atoms with Gasteiger partial charge in [0.2, 0.25) is 6.41 Å². The van der Waals surface area contributed by atoms with Crippen LogP contribution in [0.15, 0.2) is 36.4 Å². The average Bonchev–Trinajstić information content (AvgIpc) is 3.22. The number of benzene rings is 2. The molecule has 3 aromatic rings. The van der Waals surface area contributed by atoms with Crippen molar-refractivity contribution < 1.29 is 9.59 Å². The van der Waals surface area contributed by atoms with Crippen LogP contribution in [0.5, 0.6) is 0 Å². The summed E-state index contributed by atoms with van der Waals surface area (Å²) in [7, 11) is 1.68. The van der Waals surface area contributed by atoms with Crippen LogP contribution in [-0.2, 0) is 11.8 Å². The molecule has 4 rings (SSSR count). The van der Waals surface area contributed by atoms with Crippen molar-refractivity contribution in [1.82, 2.24) is 9.78 Å². The molecule has 0 fully saturated rings. The number of hydrogen-bond donors (Lipinski definition) is 2. The van der Waals surface area contributed by atoms with E-state index in [0.29, 0.717) is 24.5 Å². The minimum absolute atomic E-state index is 0.198. The number of rotatable bonds is 4. The van der Waals surface area contributed by atoms with Crippen molar-refractivity contribution in [3.8, 4) is 0 Å². The summed E-state index contributed by atoms with van der Waals surface area (Å²) in [6.07, 6.45) is 1.49. The van der Waals surface area contributed by atoms with E-state index < -0.39 is 0 Å². The summed E-state index contributed by atoms with van der Waals surface area (Å²) in [4.78, 5) is 25.6. The van der Waals surface area contributed by atoms with Gasteiger partial charge < -0.3 is 16.0 Å². The number of fused-ring (bicyclic) bond motifs is 3. The molecule has 1 aromatic heterocycles. The molecule has 1 atom stereocenters. The van der Waals surface area contributed by atoms with Gasteiger partial charge in [-0.15, -0.1) is 0 Å². The van der Waals surface area contributed by atoms with Crippen LogP contribution in [-0.4, -0.2) is 28.6 Å². The number of nitrogen functional groups attached to an aromatic ring is 1. The Morgan fingerprint density at radius 3 is 2.78 bits per heavy atom. The number of aryl methyl sites for hydroxylation is 1. The third-order valence-corrected chi connectivity index (χ3v) is 5.24. The summed E-state index contributed by atoms with van der Waals surface area (Å²) in [5.41, 5.74) is 9.23. The van der Waals surface area contributed by atoms with E-state index in [2.05, 4.69) is 23.4 Å². The molecule has 0 saturated carbocycles. The topological polar surface area (TPSA) is 93.2 Å². The molecule has 0 saturated heterocycles. The molecule has 3 N–H and O–H groups in total. The zero-order valence-corrected chi connectivity index (χ0v) is 15.3. The number of carbonyl (C=O) groups excluding carboxylic acids is 2. The van der Waals surface area contributed by atoms with Crippen molar-refractivity contribution in [2.75, 3.05) is 22.5 Å². The average molecular weight is 363 g/mol. The largest absolute Gasteiger partial charge is 0.398 e. The van der Waals surface area contributed by atoms with Crippen LogP contribution in [0.4, 0.5) is 17.2 Å². The van der Waals surface area contributed by atoms with Crippen molar-refractivity contribution >= 4 is 40.3 Å². The van der Waals surface area contributed by atoms with Crippen molar-refractivity contribution in [1.29, 1.82) is 0 Å². The van der Waals surface area contributed by atoms with Crippen LogP contribution < -0.4 is 16.0 Å². The minimum atomic E-state index is -0.198. The summed E-state index contributed by atoms with van der Waals surface area (Å²) in [5.74, 6) is 0.514. The fourth-order valence-electron chi connectivity index (χ4n) is 3.90. The molecular formula is C20H21N5O2. The molecule has 2 amide bonds. The van der Waals surface area contributed by atoms with Crippen LogP contribution in [0.2, 0.25) is 0 Å². The highest BCUT2D eigenvalue weighted by atomic mass is 16.2. The van der Waals surface area contributed by atoms with Gasteiger partial charge in [-0.2, -0.15) is 5.10 Å². The lowest BCUT2D eigenvalue weighted by molar-refractivity contribution is -0.105. The molecule has 138 valence electrons. The van der Waals surface area contributed by atoms with E-state index in [1.807, 2.05) is 24.3 Å². The Hall–Kier alpha value is -3.35. The van der Waals surface area contributed by atoms with E-state index in [9.17, 15) is 9.59 Å². The first-order valence-electron chi connectivity index (χ1n) is 8.92. The number of nitrogens with zero attached hydrogens (tertiary/aromatic N) is 3. The van der Waals surface area contributed by atoms with Crippen molar-refractivity contribution in [3.63, 3.8) is 0 Å². The number of carbonyl (C=O) groups is 2. The predicted molar refractivity (Wildman–Crippen MR) is 106 cm³/mol. The van der Waals surface area contributed by atoms with Gasteiger partial charge in [0.1, 0.15) is 5.82 Å². The first-order chi connectivity index (χ1) is 13.0. The third kappa shape index (κ3) is 2.63. The predicted octanol–water partition coefficient (Wildman–Crippen LogP) is 2.88. The molecule has 2 heterocycles. The molecule has 0 bridgehead atoms. The SMILES string of the molecule is CCC1CN(C(=O)c2cc(NC=O)n(C)n2)c2cc(N)c3ccccc3c21. The Bertz CT molecular complexity index is 1060. The molecule has 0 aliphatic carbocycles. The van der Waals surface area contributed by atoms with Gasteiger partial charge in [-0.3, -0.25) is 14.3 Å². The Morgan fingerprint density at radius 2 is 2.07 bits per heavy atom. The van der Waals surface area contributed by atoms with Crippen LogP contribution in [0, 0.1) is 0 Å². The first-order valence-corrected chi connectivity index (χ1v) is 8.92. The number of aromatic nitrogens is 2. The summed E-state index contributed by atoms with van der Waals surface area (Å²) in [6.45, 7) is 2.71. The molecule has 1 aliphatic rings. The molecule has 7 nitrogen and oxygen atoms in total. The molecule has 2 aromatic carbocycles. The van der Waals surface area contributed by atoms with E-state index in [4.69, 9.17) is 5.73 Å². The van der Waals surface area contributed by atoms with Crippen molar-refractivity contribution in [2.24, 2.45) is 7.05 Å². The second-order valence-corrected chi connectivity index (χ2v) is 6.77. The van der Waals surface area contributed by atoms with E-state index in [0.717, 1.165) is 28.4 Å². The quantitative estimate of drug-likeness (QED) is 0.551. The second-order valence-electron chi connectivity index (χ2n) is 6.77. The first kappa shape index (κ1) is 17.1. The Morgan fingerprint density at radius 1 is 1.33 bits per heavy atom. The lowest BCUT2D eigenvalue weighted by Crippen LogP contribution is -2.30. The van der Waals surface area contributed by atoms with E-state index in [-0.39, 0.29) is 17.5 Å². The molecule has 0 radical (unpaired) electrons. The van der Waals surface area contributed by atoms with Crippen LogP contribution >= 0.6 is 0 Å². The normalized spacial score (nSPS) is 15.8. The monoisotopic (exact) mass is 363 g/mol. The van der Waals surface area contributed by atoms with E-state index in [1.54, 1.807) is 18.0 Å². The van der Waals surface area contributed by atoms with Gasteiger partial charge in [0.25, 0.3) is 5.91 Å². The number of hydrogen-bond acceptors (Lipinski definition) is 4. The number of anilines is 3. The zero-order valence-electron chi connectivity index (χ0n) is 15.3. The smallest absolute Gasteiger partial charge is 0.278 e. The number of amides is 2. The summed E-state index contributed by atoms with van der Waals surface area (Å²) < 4.78 is 1.48. The Kier molecular flexibility index (Phi) is 4.07. The summed E-state index contributed by atoms with van der Waals surface area (Å²) >= 11 is 0. The standard InChI is InChI=1S/C20H21N5O2/c1-3-12-10-25(20(27)16-9-18(22-11-26)24(2)23-16)17-8-15(21)13-6-4-5-7-14(13)19(12)17/h4-9,11-12H,3,10,21H2,1-2H3,(H,22,26). The van der Waals surface area contributed by atoms with Gasteiger partial charge in [0.15, 0.2) is 5.69 Å². The number of nitrogens with two attached hydrogens (primary N) is 1. The summed E-state index contributed by atoms with van der Waals surface area (Å²) in [6, 6.07) is 11.5. The van der Waals surface area contributed by atoms with Gasteiger partial charge in [0.05, 0.1) is 5.69 Å².